The second kappa shape index (κ2) is 12.4. The predicted molar refractivity (Wildman–Crippen MR) is 74.0 cm³/mol. The van der Waals surface area contributed by atoms with Gasteiger partial charge in [-0.25, -0.2) is 0 Å². The molecule has 0 radical (unpaired) electrons. The van der Waals surface area contributed by atoms with Gasteiger partial charge in [-0.15, -0.1) is 0 Å². The van der Waals surface area contributed by atoms with Gasteiger partial charge in [-0.3, -0.25) is 0 Å². The van der Waals surface area contributed by atoms with Gasteiger partial charge in [0.15, 0.2) is 0 Å². The molecule has 1 aliphatic heterocycles. The van der Waals surface area contributed by atoms with Crippen LogP contribution >= 0.6 is 12.6 Å². The van der Waals surface area contributed by atoms with Gasteiger partial charge in [0.2, 0.25) is 0 Å². The molecule has 0 amide bonds. The summed E-state index contributed by atoms with van der Waals surface area (Å²) in [6.07, 6.45) is 9.54. The summed E-state index contributed by atoms with van der Waals surface area (Å²) in [5.74, 6) is 1.05. The second-order valence-electron chi connectivity index (χ2n) is 4.33. The number of rotatable bonds is 5. The molecule has 0 aromatic rings. The lowest BCUT2D eigenvalue weighted by Crippen LogP contribution is -2.30. The Labute approximate surface area is 102 Å². The van der Waals surface area contributed by atoms with Crippen molar-refractivity contribution in [1.29, 1.82) is 0 Å². The molecule has 1 heterocycles. The summed E-state index contributed by atoms with van der Waals surface area (Å²) >= 11 is 4.20. The van der Waals surface area contributed by atoms with Crippen LogP contribution < -0.4 is 0 Å². The van der Waals surface area contributed by atoms with Crippen molar-refractivity contribution in [2.45, 2.75) is 58.8 Å². The minimum atomic E-state index is 1.05. The molecule has 0 spiro atoms. The fraction of sp³-hybridized carbons (Fsp3) is 1.00. The highest BCUT2D eigenvalue weighted by Crippen LogP contribution is 2.09. The minimum Gasteiger partial charge on any atom is -0.303 e. The van der Waals surface area contributed by atoms with Gasteiger partial charge in [-0.1, -0.05) is 33.1 Å². The van der Waals surface area contributed by atoms with E-state index in [0.29, 0.717) is 0 Å². The molecule has 1 nitrogen and oxygen atoms in total. The highest BCUT2D eigenvalue weighted by atomic mass is 32.1. The molecule has 0 unspecified atom stereocenters. The van der Waals surface area contributed by atoms with Crippen molar-refractivity contribution in [3.05, 3.63) is 0 Å². The molecule has 0 saturated carbocycles. The van der Waals surface area contributed by atoms with Gasteiger partial charge in [0.25, 0.3) is 0 Å². The number of piperidine rings is 1. The molecule has 92 valence electrons. The smallest absolute Gasteiger partial charge is 0.00184 e. The van der Waals surface area contributed by atoms with Gasteiger partial charge in [-0.05, 0) is 51.1 Å². The summed E-state index contributed by atoms with van der Waals surface area (Å²) in [7, 11) is 0. The first-order valence-corrected chi connectivity index (χ1v) is 7.31. The Kier molecular flexibility index (Phi) is 12.6. The average Bonchev–Trinajstić information content (AvgIpc) is 2.31. The largest absolute Gasteiger partial charge is 0.303 e. The third kappa shape index (κ3) is 10.6. The molecule has 0 bridgehead atoms. The molecule has 0 atom stereocenters. The van der Waals surface area contributed by atoms with Crippen LogP contribution in [0.2, 0.25) is 0 Å². The number of likely N-dealkylation sites (tertiary alicyclic amines) is 1. The molecule has 0 N–H and O–H groups in total. The SMILES string of the molecule is CCCC.SCCCCN1CCCCC1. The summed E-state index contributed by atoms with van der Waals surface area (Å²) in [6, 6.07) is 0. The van der Waals surface area contributed by atoms with Crippen LogP contribution in [0.4, 0.5) is 0 Å². The van der Waals surface area contributed by atoms with E-state index in [-0.39, 0.29) is 0 Å². The molecule has 1 saturated heterocycles. The van der Waals surface area contributed by atoms with E-state index in [9.17, 15) is 0 Å². The maximum atomic E-state index is 4.20. The van der Waals surface area contributed by atoms with Crippen molar-refractivity contribution in [2.75, 3.05) is 25.4 Å². The Bertz CT molecular complexity index is 109. The Morgan fingerprint density at radius 3 is 2.00 bits per heavy atom. The number of hydrogen-bond donors (Lipinski definition) is 1. The predicted octanol–water partition coefficient (Wildman–Crippen LogP) is 3.99. The van der Waals surface area contributed by atoms with Crippen LogP contribution in [0.5, 0.6) is 0 Å². The lowest BCUT2D eigenvalue weighted by molar-refractivity contribution is 0.226. The summed E-state index contributed by atoms with van der Waals surface area (Å²) in [5, 5.41) is 0. The van der Waals surface area contributed by atoms with E-state index in [1.165, 1.54) is 64.6 Å². The van der Waals surface area contributed by atoms with E-state index >= 15 is 0 Å². The summed E-state index contributed by atoms with van der Waals surface area (Å²) in [5.41, 5.74) is 0. The first-order chi connectivity index (χ1) is 7.35. The molecular weight excluding hydrogens is 202 g/mol. The van der Waals surface area contributed by atoms with Crippen LogP contribution in [-0.2, 0) is 0 Å². The zero-order valence-electron chi connectivity index (χ0n) is 10.7. The van der Waals surface area contributed by atoms with E-state index in [4.69, 9.17) is 0 Å². The fourth-order valence-electron chi connectivity index (χ4n) is 1.63. The number of hydrogen-bond acceptors (Lipinski definition) is 2. The molecule has 15 heavy (non-hydrogen) atoms. The molecule has 0 aromatic heterocycles. The van der Waals surface area contributed by atoms with E-state index in [1.54, 1.807) is 0 Å². The number of unbranched alkanes of at least 4 members (excludes halogenated alkanes) is 2. The zero-order valence-corrected chi connectivity index (χ0v) is 11.6. The highest BCUT2D eigenvalue weighted by Gasteiger charge is 2.08. The summed E-state index contributed by atoms with van der Waals surface area (Å²) < 4.78 is 0. The molecule has 1 aliphatic rings. The van der Waals surface area contributed by atoms with Crippen LogP contribution in [0.3, 0.4) is 0 Å². The van der Waals surface area contributed by atoms with Crippen molar-refractivity contribution in [2.24, 2.45) is 0 Å². The van der Waals surface area contributed by atoms with Crippen LogP contribution in [0.1, 0.15) is 58.8 Å². The molecule has 0 aromatic carbocycles. The van der Waals surface area contributed by atoms with Crippen LogP contribution in [0.25, 0.3) is 0 Å². The topological polar surface area (TPSA) is 3.24 Å². The van der Waals surface area contributed by atoms with Crippen molar-refractivity contribution in [3.8, 4) is 0 Å². The third-order valence-corrected chi connectivity index (χ3v) is 3.15. The van der Waals surface area contributed by atoms with E-state index < -0.39 is 0 Å². The summed E-state index contributed by atoms with van der Waals surface area (Å²) in [4.78, 5) is 2.59. The Morgan fingerprint density at radius 2 is 1.53 bits per heavy atom. The summed E-state index contributed by atoms with van der Waals surface area (Å²) in [6.45, 7) is 8.35. The second-order valence-corrected chi connectivity index (χ2v) is 4.78. The van der Waals surface area contributed by atoms with Crippen molar-refractivity contribution >= 4 is 12.6 Å². The lowest BCUT2D eigenvalue weighted by atomic mass is 10.1. The lowest BCUT2D eigenvalue weighted by Gasteiger charge is -2.26. The third-order valence-electron chi connectivity index (χ3n) is 2.83. The monoisotopic (exact) mass is 231 g/mol. The van der Waals surface area contributed by atoms with Crippen molar-refractivity contribution < 1.29 is 0 Å². The molecule has 2 heteroatoms. The average molecular weight is 231 g/mol. The maximum absolute atomic E-state index is 4.20. The molecule has 0 aliphatic carbocycles. The minimum absolute atomic E-state index is 1.05. The molecule has 1 rings (SSSR count). The standard InChI is InChI=1S/C9H19NS.C4H10/c11-9-5-4-8-10-6-2-1-3-7-10;1-3-4-2/h11H,1-9H2;3-4H2,1-2H3. The molecular formula is C13H29NS. The molecule has 1 fully saturated rings. The zero-order chi connectivity index (χ0) is 11.4. The van der Waals surface area contributed by atoms with Gasteiger partial charge in [0.05, 0.1) is 0 Å². The van der Waals surface area contributed by atoms with Gasteiger partial charge in [0, 0.05) is 0 Å². The maximum Gasteiger partial charge on any atom is -0.00184 e. The van der Waals surface area contributed by atoms with Crippen LogP contribution in [-0.4, -0.2) is 30.3 Å². The number of thiol groups is 1. The van der Waals surface area contributed by atoms with Gasteiger partial charge in [0.1, 0.15) is 0 Å². The van der Waals surface area contributed by atoms with Crippen molar-refractivity contribution in [3.63, 3.8) is 0 Å². The first-order valence-electron chi connectivity index (χ1n) is 6.68. The number of nitrogens with zero attached hydrogens (tertiary/aromatic N) is 1. The quantitative estimate of drug-likeness (QED) is 0.553. The fourth-order valence-corrected chi connectivity index (χ4v) is 1.85. The van der Waals surface area contributed by atoms with E-state index in [1.807, 2.05) is 0 Å². The van der Waals surface area contributed by atoms with Crippen molar-refractivity contribution in [1.82, 2.24) is 4.90 Å². The van der Waals surface area contributed by atoms with Gasteiger partial charge in [-0.2, -0.15) is 12.6 Å². The van der Waals surface area contributed by atoms with Crippen LogP contribution in [0, 0.1) is 0 Å². The Hall–Kier alpha value is 0.310. The first kappa shape index (κ1) is 15.3. The Morgan fingerprint density at radius 1 is 0.933 bits per heavy atom. The normalized spacial score (nSPS) is 17.0. The van der Waals surface area contributed by atoms with Crippen LogP contribution in [0.15, 0.2) is 0 Å². The van der Waals surface area contributed by atoms with Gasteiger partial charge >= 0.3 is 0 Å². The highest BCUT2D eigenvalue weighted by molar-refractivity contribution is 7.80. The van der Waals surface area contributed by atoms with E-state index in [0.717, 1.165) is 5.75 Å². The van der Waals surface area contributed by atoms with E-state index in [2.05, 4.69) is 31.4 Å². The van der Waals surface area contributed by atoms with Gasteiger partial charge < -0.3 is 4.90 Å². The Balaban J connectivity index is 0.000000423.